The lowest BCUT2D eigenvalue weighted by Crippen LogP contribution is -2.03. The molecule has 116 valence electrons. The first-order valence-corrected chi connectivity index (χ1v) is 8.10. The fourth-order valence-corrected chi connectivity index (χ4v) is 3.12. The number of hydrogen-bond donors (Lipinski definition) is 1. The number of aromatic amines is 1. The lowest BCUT2D eigenvalue weighted by molar-refractivity contribution is 0.933. The van der Waals surface area contributed by atoms with Crippen molar-refractivity contribution in [1.82, 2.24) is 9.97 Å². The molecule has 4 aromatic rings. The second kappa shape index (κ2) is 6.55. The van der Waals surface area contributed by atoms with Crippen molar-refractivity contribution in [2.75, 3.05) is 0 Å². The van der Waals surface area contributed by atoms with Gasteiger partial charge < -0.3 is 4.98 Å². The van der Waals surface area contributed by atoms with E-state index in [1.54, 1.807) is 6.33 Å². The first kappa shape index (κ1) is 14.5. The van der Waals surface area contributed by atoms with Crippen LogP contribution in [-0.4, -0.2) is 9.97 Å². The largest absolute Gasteiger partial charge is 0.348 e. The maximum atomic E-state index is 4.20. The summed E-state index contributed by atoms with van der Waals surface area (Å²) in [6, 6.07) is 29.8. The van der Waals surface area contributed by atoms with Crippen LogP contribution in [0, 0.1) is 0 Å². The zero-order valence-corrected chi connectivity index (χ0v) is 13.3. The maximum Gasteiger partial charge on any atom is 0.0922 e. The summed E-state index contributed by atoms with van der Waals surface area (Å²) in [5, 5.41) is 0. The third kappa shape index (κ3) is 2.86. The van der Waals surface area contributed by atoms with Gasteiger partial charge in [-0.05, 0) is 22.3 Å². The number of hydrogen-bond acceptors (Lipinski definition) is 1. The van der Waals surface area contributed by atoms with E-state index in [4.69, 9.17) is 0 Å². The Morgan fingerprint density at radius 1 is 0.625 bits per heavy atom. The Morgan fingerprint density at radius 3 is 1.83 bits per heavy atom. The SMILES string of the molecule is c1ccc(-c2ccc(C(c3ccccc3)c3cnc[nH]3)cc2)cc1. The molecule has 1 aromatic heterocycles. The Hall–Kier alpha value is -3.13. The summed E-state index contributed by atoms with van der Waals surface area (Å²) in [4.78, 5) is 7.47. The summed E-state index contributed by atoms with van der Waals surface area (Å²) >= 11 is 0. The van der Waals surface area contributed by atoms with Gasteiger partial charge in [0.25, 0.3) is 0 Å². The van der Waals surface area contributed by atoms with Crippen molar-refractivity contribution in [3.05, 3.63) is 114 Å². The minimum atomic E-state index is 0.165. The number of H-pyrrole nitrogens is 1. The Balaban J connectivity index is 1.74. The van der Waals surface area contributed by atoms with Crippen LogP contribution in [0.2, 0.25) is 0 Å². The molecule has 0 aliphatic heterocycles. The predicted octanol–water partition coefficient (Wildman–Crippen LogP) is 5.26. The van der Waals surface area contributed by atoms with Crippen molar-refractivity contribution in [2.24, 2.45) is 0 Å². The summed E-state index contributed by atoms with van der Waals surface area (Å²) in [5.74, 6) is 0.165. The van der Waals surface area contributed by atoms with Crippen molar-refractivity contribution in [2.45, 2.75) is 5.92 Å². The van der Waals surface area contributed by atoms with Crippen LogP contribution >= 0.6 is 0 Å². The monoisotopic (exact) mass is 310 g/mol. The van der Waals surface area contributed by atoms with Crippen molar-refractivity contribution >= 4 is 0 Å². The zero-order chi connectivity index (χ0) is 16.2. The highest BCUT2D eigenvalue weighted by Crippen LogP contribution is 2.31. The molecular weight excluding hydrogens is 292 g/mol. The normalized spacial score (nSPS) is 12.0. The minimum absolute atomic E-state index is 0.165. The second-order valence-corrected chi connectivity index (χ2v) is 5.84. The lowest BCUT2D eigenvalue weighted by Gasteiger charge is -2.17. The summed E-state index contributed by atoms with van der Waals surface area (Å²) < 4.78 is 0. The van der Waals surface area contributed by atoms with E-state index in [2.05, 4.69) is 82.8 Å². The van der Waals surface area contributed by atoms with Gasteiger partial charge in [-0.1, -0.05) is 84.9 Å². The first-order valence-electron chi connectivity index (χ1n) is 8.10. The van der Waals surface area contributed by atoms with Gasteiger partial charge >= 0.3 is 0 Å². The minimum Gasteiger partial charge on any atom is -0.348 e. The van der Waals surface area contributed by atoms with Crippen LogP contribution in [0.3, 0.4) is 0 Å². The average Bonchev–Trinajstić information content (AvgIpc) is 3.18. The van der Waals surface area contributed by atoms with Crippen LogP contribution in [0.1, 0.15) is 22.7 Å². The third-order valence-electron chi connectivity index (χ3n) is 4.31. The number of nitrogens with one attached hydrogen (secondary N) is 1. The predicted molar refractivity (Wildman–Crippen MR) is 97.9 cm³/mol. The molecule has 2 nitrogen and oxygen atoms in total. The molecule has 0 bridgehead atoms. The molecule has 0 saturated carbocycles. The van der Waals surface area contributed by atoms with Gasteiger partial charge in [-0.3, -0.25) is 0 Å². The average molecular weight is 310 g/mol. The number of imidazole rings is 1. The summed E-state index contributed by atoms with van der Waals surface area (Å²) in [7, 11) is 0. The van der Waals surface area contributed by atoms with Crippen LogP contribution in [0.4, 0.5) is 0 Å². The van der Waals surface area contributed by atoms with Crippen molar-refractivity contribution in [3.8, 4) is 11.1 Å². The molecule has 0 aliphatic rings. The topological polar surface area (TPSA) is 28.7 Å². The molecule has 24 heavy (non-hydrogen) atoms. The van der Waals surface area contributed by atoms with Crippen LogP contribution in [0.5, 0.6) is 0 Å². The van der Waals surface area contributed by atoms with Crippen LogP contribution in [0.25, 0.3) is 11.1 Å². The molecule has 1 N–H and O–H groups in total. The smallest absolute Gasteiger partial charge is 0.0922 e. The molecule has 1 unspecified atom stereocenters. The Bertz CT molecular complexity index is 880. The lowest BCUT2D eigenvalue weighted by atomic mass is 9.88. The Morgan fingerprint density at radius 2 is 1.21 bits per heavy atom. The van der Waals surface area contributed by atoms with Gasteiger partial charge in [0.15, 0.2) is 0 Å². The van der Waals surface area contributed by atoms with E-state index in [1.165, 1.54) is 22.3 Å². The molecule has 1 heterocycles. The highest BCUT2D eigenvalue weighted by Gasteiger charge is 2.17. The quantitative estimate of drug-likeness (QED) is 0.547. The molecule has 0 radical (unpaired) electrons. The molecule has 3 aromatic carbocycles. The molecule has 2 heteroatoms. The number of rotatable bonds is 4. The summed E-state index contributed by atoms with van der Waals surface area (Å²) in [6.07, 6.45) is 3.65. The molecule has 0 aliphatic carbocycles. The number of benzene rings is 3. The molecule has 0 saturated heterocycles. The fraction of sp³-hybridized carbons (Fsp3) is 0.0455. The van der Waals surface area contributed by atoms with Gasteiger partial charge in [-0.15, -0.1) is 0 Å². The third-order valence-corrected chi connectivity index (χ3v) is 4.31. The van der Waals surface area contributed by atoms with E-state index in [-0.39, 0.29) is 5.92 Å². The van der Waals surface area contributed by atoms with E-state index in [1.807, 2.05) is 18.3 Å². The Kier molecular flexibility index (Phi) is 3.95. The van der Waals surface area contributed by atoms with Crippen molar-refractivity contribution in [1.29, 1.82) is 0 Å². The van der Waals surface area contributed by atoms with E-state index < -0.39 is 0 Å². The van der Waals surface area contributed by atoms with Gasteiger partial charge in [-0.2, -0.15) is 0 Å². The second-order valence-electron chi connectivity index (χ2n) is 5.84. The van der Waals surface area contributed by atoms with Gasteiger partial charge in [0.1, 0.15) is 0 Å². The molecule has 1 atom stereocenters. The van der Waals surface area contributed by atoms with Crippen LogP contribution in [0.15, 0.2) is 97.5 Å². The van der Waals surface area contributed by atoms with E-state index >= 15 is 0 Å². The van der Waals surface area contributed by atoms with Crippen molar-refractivity contribution in [3.63, 3.8) is 0 Å². The van der Waals surface area contributed by atoms with Gasteiger partial charge in [0, 0.05) is 11.9 Å². The van der Waals surface area contributed by atoms with E-state index in [9.17, 15) is 0 Å². The zero-order valence-electron chi connectivity index (χ0n) is 13.3. The van der Waals surface area contributed by atoms with E-state index in [0.717, 1.165) is 5.69 Å². The highest BCUT2D eigenvalue weighted by atomic mass is 14.9. The Labute approximate surface area is 141 Å². The number of nitrogens with zero attached hydrogens (tertiary/aromatic N) is 1. The molecule has 0 fully saturated rings. The standard InChI is InChI=1S/C22H18N2/c1-3-7-17(8-4-1)18-11-13-20(14-12-18)22(21-15-23-16-24-21)19-9-5-2-6-10-19/h1-16,22H,(H,23,24). The van der Waals surface area contributed by atoms with Crippen molar-refractivity contribution < 1.29 is 0 Å². The van der Waals surface area contributed by atoms with E-state index in [0.29, 0.717) is 0 Å². The van der Waals surface area contributed by atoms with Gasteiger partial charge in [-0.25, -0.2) is 4.98 Å². The molecule has 4 rings (SSSR count). The highest BCUT2D eigenvalue weighted by molar-refractivity contribution is 5.64. The molecular formula is C22H18N2. The van der Waals surface area contributed by atoms with Gasteiger partial charge in [0.2, 0.25) is 0 Å². The van der Waals surface area contributed by atoms with Crippen LogP contribution in [-0.2, 0) is 0 Å². The maximum absolute atomic E-state index is 4.20. The first-order chi connectivity index (χ1) is 11.9. The number of aromatic nitrogens is 2. The van der Waals surface area contributed by atoms with Crippen LogP contribution < -0.4 is 0 Å². The molecule has 0 spiro atoms. The summed E-state index contributed by atoms with van der Waals surface area (Å²) in [6.45, 7) is 0. The molecule has 0 amide bonds. The van der Waals surface area contributed by atoms with Gasteiger partial charge in [0.05, 0.1) is 12.2 Å². The summed E-state index contributed by atoms with van der Waals surface area (Å²) in [5.41, 5.74) is 6.09. The fourth-order valence-electron chi connectivity index (χ4n) is 3.12.